The molecule has 0 atom stereocenters. The number of alkyl halides is 3. The lowest BCUT2D eigenvalue weighted by Crippen LogP contribution is -2.11. The highest BCUT2D eigenvalue weighted by Crippen LogP contribution is 2.37. The van der Waals surface area contributed by atoms with Crippen LogP contribution in [0.25, 0.3) is 0 Å². The van der Waals surface area contributed by atoms with E-state index in [0.29, 0.717) is 12.1 Å². The van der Waals surface area contributed by atoms with Crippen molar-refractivity contribution in [2.75, 3.05) is 19.9 Å². The van der Waals surface area contributed by atoms with E-state index in [-0.39, 0.29) is 10.6 Å². The maximum absolute atomic E-state index is 12.9. The smallest absolute Gasteiger partial charge is 0.417 e. The van der Waals surface area contributed by atoms with Crippen LogP contribution in [0.15, 0.2) is 23.1 Å². The molecular weight excluding hydrogens is 279 g/mol. The third-order valence-corrected chi connectivity index (χ3v) is 3.35. The molecule has 1 N–H and O–H groups in total. The van der Waals surface area contributed by atoms with Crippen LogP contribution in [-0.2, 0) is 22.3 Å². The average molecular weight is 293 g/mol. The van der Waals surface area contributed by atoms with Crippen LogP contribution >= 0.6 is 11.8 Å². The van der Waals surface area contributed by atoms with E-state index < -0.39 is 17.7 Å². The fourth-order valence-corrected chi connectivity index (χ4v) is 2.32. The van der Waals surface area contributed by atoms with Gasteiger partial charge in [-0.15, -0.1) is 11.8 Å². The van der Waals surface area contributed by atoms with E-state index in [1.807, 2.05) is 0 Å². The summed E-state index contributed by atoms with van der Waals surface area (Å²) in [4.78, 5) is 11.0. The van der Waals surface area contributed by atoms with Crippen LogP contribution in [0, 0.1) is 0 Å². The first kappa shape index (κ1) is 15.8. The van der Waals surface area contributed by atoms with E-state index in [0.717, 1.165) is 17.8 Å². The maximum atomic E-state index is 12.9. The minimum atomic E-state index is -4.44. The van der Waals surface area contributed by atoms with E-state index in [1.54, 1.807) is 13.1 Å². The lowest BCUT2D eigenvalue weighted by Gasteiger charge is -2.14. The number of methoxy groups -OCH3 is 1. The zero-order valence-corrected chi connectivity index (χ0v) is 11.3. The van der Waals surface area contributed by atoms with Gasteiger partial charge >= 0.3 is 12.1 Å². The standard InChI is InChI=1S/C12H14F3NO2S/c1-16-6-8-3-4-10(19-7-11(17)18-2)9(5-8)12(13,14)15/h3-5,16H,6-7H2,1-2H3. The number of thioether (sulfide) groups is 1. The van der Waals surface area contributed by atoms with Gasteiger partial charge in [-0.1, -0.05) is 6.07 Å². The molecule has 3 nitrogen and oxygen atoms in total. The quantitative estimate of drug-likeness (QED) is 0.669. The second-order valence-electron chi connectivity index (χ2n) is 3.72. The number of halogens is 3. The number of benzene rings is 1. The summed E-state index contributed by atoms with van der Waals surface area (Å²) in [5.74, 6) is -0.706. The Labute approximate surface area is 113 Å². The first-order chi connectivity index (χ1) is 8.88. The summed E-state index contributed by atoms with van der Waals surface area (Å²) in [7, 11) is 2.86. The number of carbonyl (C=O) groups is 1. The van der Waals surface area contributed by atoms with Crippen LogP contribution in [0.2, 0.25) is 0 Å². The van der Waals surface area contributed by atoms with Gasteiger partial charge in [-0.2, -0.15) is 13.2 Å². The van der Waals surface area contributed by atoms with Crippen LogP contribution < -0.4 is 5.32 Å². The van der Waals surface area contributed by atoms with Crippen LogP contribution in [0.3, 0.4) is 0 Å². The Morgan fingerprint density at radius 2 is 2.11 bits per heavy atom. The molecule has 1 aromatic rings. The molecular formula is C12H14F3NO2S. The molecule has 19 heavy (non-hydrogen) atoms. The Balaban J connectivity index is 2.99. The minimum absolute atomic E-state index is 0.0257. The molecule has 0 bridgehead atoms. The van der Waals surface area contributed by atoms with E-state index >= 15 is 0 Å². The molecule has 1 aromatic carbocycles. The van der Waals surface area contributed by atoms with Crippen LogP contribution in [0.5, 0.6) is 0 Å². The molecule has 0 aliphatic carbocycles. The fraction of sp³-hybridized carbons (Fsp3) is 0.417. The molecule has 7 heteroatoms. The molecule has 0 amide bonds. The molecule has 1 rings (SSSR count). The number of rotatable bonds is 5. The Hall–Kier alpha value is -1.21. The Kier molecular flexibility index (Phi) is 5.68. The second kappa shape index (κ2) is 6.81. The molecule has 0 saturated heterocycles. The number of ether oxygens (including phenoxy) is 1. The number of hydrogen-bond acceptors (Lipinski definition) is 4. The molecule has 0 aromatic heterocycles. The Morgan fingerprint density at radius 1 is 1.42 bits per heavy atom. The van der Waals surface area contributed by atoms with Gasteiger partial charge in [0.15, 0.2) is 0 Å². The molecule has 0 saturated carbocycles. The summed E-state index contributed by atoms with van der Waals surface area (Å²) >= 11 is 0.818. The lowest BCUT2D eigenvalue weighted by molar-refractivity contribution is -0.140. The highest BCUT2D eigenvalue weighted by molar-refractivity contribution is 8.00. The summed E-state index contributed by atoms with van der Waals surface area (Å²) < 4.78 is 43.2. The van der Waals surface area contributed by atoms with E-state index in [4.69, 9.17) is 0 Å². The van der Waals surface area contributed by atoms with Gasteiger partial charge in [-0.05, 0) is 24.7 Å². The van der Waals surface area contributed by atoms with Gasteiger partial charge in [0.05, 0.1) is 18.4 Å². The first-order valence-electron chi connectivity index (χ1n) is 5.42. The topological polar surface area (TPSA) is 38.3 Å². The third kappa shape index (κ3) is 4.76. The van der Waals surface area contributed by atoms with Crippen molar-refractivity contribution in [1.29, 1.82) is 0 Å². The summed E-state index contributed by atoms with van der Waals surface area (Å²) in [5, 5.41) is 2.79. The van der Waals surface area contributed by atoms with Crippen LogP contribution in [0.1, 0.15) is 11.1 Å². The van der Waals surface area contributed by atoms with Crippen molar-refractivity contribution in [2.45, 2.75) is 17.6 Å². The van der Waals surface area contributed by atoms with Crippen molar-refractivity contribution in [3.05, 3.63) is 29.3 Å². The van der Waals surface area contributed by atoms with Crippen molar-refractivity contribution in [2.24, 2.45) is 0 Å². The summed E-state index contributed by atoms with van der Waals surface area (Å²) in [5.41, 5.74) is -0.189. The molecule has 0 aliphatic rings. The predicted octanol–water partition coefficient (Wildman–Crippen LogP) is 2.69. The van der Waals surface area contributed by atoms with Gasteiger partial charge < -0.3 is 10.1 Å². The normalized spacial score (nSPS) is 11.4. The van der Waals surface area contributed by atoms with Gasteiger partial charge in [-0.25, -0.2) is 0 Å². The summed E-state index contributed by atoms with van der Waals surface area (Å²) in [6.45, 7) is 0.352. The lowest BCUT2D eigenvalue weighted by atomic mass is 10.1. The van der Waals surface area contributed by atoms with Gasteiger partial charge in [0.2, 0.25) is 0 Å². The van der Waals surface area contributed by atoms with Crippen molar-refractivity contribution in [1.82, 2.24) is 5.32 Å². The highest BCUT2D eigenvalue weighted by atomic mass is 32.2. The van der Waals surface area contributed by atoms with Crippen molar-refractivity contribution in [3.8, 4) is 0 Å². The Bertz CT molecular complexity index is 449. The van der Waals surface area contributed by atoms with E-state index in [2.05, 4.69) is 10.1 Å². The monoisotopic (exact) mass is 293 g/mol. The van der Waals surface area contributed by atoms with Crippen LogP contribution in [0.4, 0.5) is 13.2 Å². The number of hydrogen-bond donors (Lipinski definition) is 1. The number of esters is 1. The zero-order valence-electron chi connectivity index (χ0n) is 10.5. The van der Waals surface area contributed by atoms with Crippen LogP contribution in [-0.4, -0.2) is 25.9 Å². The van der Waals surface area contributed by atoms with E-state index in [9.17, 15) is 18.0 Å². The summed E-state index contributed by atoms with van der Waals surface area (Å²) in [6, 6.07) is 4.07. The third-order valence-electron chi connectivity index (χ3n) is 2.30. The predicted molar refractivity (Wildman–Crippen MR) is 66.9 cm³/mol. The number of carbonyl (C=O) groups excluding carboxylic acids is 1. The van der Waals surface area contributed by atoms with Gasteiger partial charge in [0.1, 0.15) is 0 Å². The molecule has 0 unspecified atom stereocenters. The average Bonchev–Trinajstić information content (AvgIpc) is 2.36. The van der Waals surface area contributed by atoms with Gasteiger partial charge in [-0.3, -0.25) is 4.79 Å². The van der Waals surface area contributed by atoms with Gasteiger partial charge in [0.25, 0.3) is 0 Å². The zero-order chi connectivity index (χ0) is 14.5. The molecule has 0 heterocycles. The molecule has 0 radical (unpaired) electrons. The van der Waals surface area contributed by atoms with Crippen molar-refractivity contribution < 1.29 is 22.7 Å². The van der Waals surface area contributed by atoms with Crippen molar-refractivity contribution >= 4 is 17.7 Å². The molecule has 0 fully saturated rings. The second-order valence-corrected chi connectivity index (χ2v) is 4.74. The van der Waals surface area contributed by atoms with Gasteiger partial charge in [0, 0.05) is 11.4 Å². The Morgan fingerprint density at radius 3 is 2.63 bits per heavy atom. The van der Waals surface area contributed by atoms with Crippen molar-refractivity contribution in [3.63, 3.8) is 0 Å². The molecule has 106 valence electrons. The van der Waals surface area contributed by atoms with E-state index in [1.165, 1.54) is 13.2 Å². The highest BCUT2D eigenvalue weighted by Gasteiger charge is 2.33. The largest absolute Gasteiger partial charge is 0.468 e. The fourth-order valence-electron chi connectivity index (χ4n) is 1.43. The first-order valence-corrected chi connectivity index (χ1v) is 6.41. The maximum Gasteiger partial charge on any atom is 0.417 e. The SMILES string of the molecule is CNCc1ccc(SCC(=O)OC)c(C(F)(F)F)c1. The minimum Gasteiger partial charge on any atom is -0.468 e. The summed E-state index contributed by atoms with van der Waals surface area (Å²) in [6.07, 6.45) is -4.44. The molecule has 0 spiro atoms. The number of nitrogens with one attached hydrogen (secondary N) is 1. The molecule has 0 aliphatic heterocycles.